The topological polar surface area (TPSA) is 111 Å². The van der Waals surface area contributed by atoms with Gasteiger partial charge in [-0.25, -0.2) is 4.57 Å². The van der Waals surface area contributed by atoms with Gasteiger partial charge in [-0.05, 0) is 76.7 Å². The Balaban J connectivity index is 5.18. The number of esters is 1. The number of nitrogens with zero attached hydrogens (tertiary/aromatic N) is 1. The Bertz CT molecular complexity index is 1570. The Labute approximate surface area is 502 Å². The fourth-order valence-corrected chi connectivity index (χ4v) is 10.8. The van der Waals surface area contributed by atoms with Gasteiger partial charge in [0.2, 0.25) is 5.91 Å². The monoisotopic (exact) mass is 1160 g/mol. The molecule has 0 aliphatic heterocycles. The van der Waals surface area contributed by atoms with Crippen LogP contribution in [0.1, 0.15) is 329 Å². The maximum atomic E-state index is 13.6. The molecular formula is C71H134N2O7P+. The summed E-state index contributed by atoms with van der Waals surface area (Å²) >= 11 is 0. The van der Waals surface area contributed by atoms with Crippen LogP contribution >= 0.6 is 7.82 Å². The van der Waals surface area contributed by atoms with Crippen LogP contribution < -0.4 is 5.32 Å². The van der Waals surface area contributed by atoms with Gasteiger partial charge >= 0.3 is 13.8 Å². The van der Waals surface area contributed by atoms with Crippen LogP contribution in [0.15, 0.2) is 60.8 Å². The van der Waals surface area contributed by atoms with Crippen LogP contribution in [0.3, 0.4) is 0 Å². The summed E-state index contributed by atoms with van der Waals surface area (Å²) in [5, 5.41) is 3.06. The Hall–Kier alpha value is -2.29. The van der Waals surface area contributed by atoms with Crippen molar-refractivity contribution >= 4 is 19.7 Å². The number of hydrogen-bond donors (Lipinski definition) is 2. The van der Waals surface area contributed by atoms with Crippen LogP contribution in [-0.4, -0.2) is 74.3 Å². The zero-order chi connectivity index (χ0) is 59.3. The van der Waals surface area contributed by atoms with Gasteiger partial charge in [0.05, 0.1) is 33.8 Å². The molecule has 9 nitrogen and oxygen atoms in total. The molecule has 0 saturated carbocycles. The predicted octanol–water partition coefficient (Wildman–Crippen LogP) is 21.8. The molecule has 0 radical (unpaired) electrons. The third-order valence-electron chi connectivity index (χ3n) is 15.5. The second-order valence-electron chi connectivity index (χ2n) is 24.7. The minimum atomic E-state index is -4.46. The molecule has 0 aromatic rings. The molecule has 0 aliphatic carbocycles. The van der Waals surface area contributed by atoms with Crippen molar-refractivity contribution in [3.63, 3.8) is 0 Å². The number of carbonyl (C=O) groups excluding carboxylic acids is 2. The second-order valence-corrected chi connectivity index (χ2v) is 26.2. The molecular weight excluding hydrogens is 1020 g/mol. The number of phosphoric acid groups is 1. The molecule has 0 rings (SSSR count). The zero-order valence-electron chi connectivity index (χ0n) is 54.3. The summed E-state index contributed by atoms with van der Waals surface area (Å²) in [5.74, 6) is -0.528. The van der Waals surface area contributed by atoms with E-state index in [1.54, 1.807) is 0 Å². The number of rotatable bonds is 63. The molecule has 0 aromatic heterocycles. The molecule has 0 bridgehead atoms. The van der Waals surface area contributed by atoms with Crippen molar-refractivity contribution in [3.8, 4) is 0 Å². The number of hydrogen-bond acceptors (Lipinski definition) is 6. The molecule has 0 saturated heterocycles. The molecule has 2 N–H and O–H groups in total. The second kappa shape index (κ2) is 60.8. The van der Waals surface area contributed by atoms with Gasteiger partial charge < -0.3 is 19.4 Å². The number of nitrogens with one attached hydrogen (secondary N) is 1. The molecule has 0 aliphatic rings. The van der Waals surface area contributed by atoms with Crippen molar-refractivity contribution in [3.05, 3.63) is 60.8 Å². The average molecular weight is 1160 g/mol. The van der Waals surface area contributed by atoms with E-state index in [4.69, 9.17) is 13.8 Å². The SMILES string of the molecule is CCCCC/C=C\C/C=C\C/C=C\C/C=C\CCCCCC(=O)OC(/C=C/CCCCCCCCCCCCC)C(COP(=O)(O)OCC[N+](C)(C)C)NC(=O)CCCCCCCCCCCCCCCCCCCCCCCCC. The molecule has 81 heavy (non-hydrogen) atoms. The average Bonchev–Trinajstić information content (AvgIpc) is 3.44. The lowest BCUT2D eigenvalue weighted by molar-refractivity contribution is -0.870. The van der Waals surface area contributed by atoms with Crippen molar-refractivity contribution in [2.24, 2.45) is 0 Å². The smallest absolute Gasteiger partial charge is 0.456 e. The van der Waals surface area contributed by atoms with Crippen molar-refractivity contribution in [2.75, 3.05) is 40.9 Å². The van der Waals surface area contributed by atoms with Crippen molar-refractivity contribution in [1.29, 1.82) is 0 Å². The van der Waals surface area contributed by atoms with E-state index in [1.165, 1.54) is 212 Å². The van der Waals surface area contributed by atoms with Crippen LogP contribution in [0, 0.1) is 0 Å². The summed E-state index contributed by atoms with van der Waals surface area (Å²) in [5.41, 5.74) is 0. The van der Waals surface area contributed by atoms with Gasteiger partial charge in [-0.1, -0.05) is 300 Å². The van der Waals surface area contributed by atoms with E-state index >= 15 is 0 Å². The summed E-state index contributed by atoms with van der Waals surface area (Å²) in [6.45, 7) is 7.01. The Morgan fingerprint density at radius 3 is 1.16 bits per heavy atom. The fraction of sp³-hybridized carbons (Fsp3) is 0.831. The van der Waals surface area contributed by atoms with Crippen LogP contribution in [-0.2, 0) is 27.9 Å². The van der Waals surface area contributed by atoms with Crippen LogP contribution in [0.25, 0.3) is 0 Å². The standard InChI is InChI=1S/C71H133N2O7P/c1-7-10-13-16-19-22-25-28-30-32-34-35-36-37-39-40-42-45-48-51-54-57-60-63-70(74)72-68(67-79-81(76,77)78-66-65-73(4,5)6)69(62-59-56-53-50-47-44-27-24-21-18-15-12-9-3)80-71(75)64-61-58-55-52-49-46-43-41-38-33-31-29-26-23-20-17-14-11-8-2/h20,23,29,31,38,41,46,49,59,62,68-69H,7-19,21-22,24-28,30,32-37,39-40,42-45,47-48,50-58,60-61,63-67H2,1-6H3,(H-,72,74,76,77)/p+1/b23-20-,31-29-,41-38-,49-46-,62-59+. The number of carbonyl (C=O) groups is 2. The van der Waals surface area contributed by atoms with Gasteiger partial charge in [-0.2, -0.15) is 0 Å². The Morgan fingerprint density at radius 1 is 0.432 bits per heavy atom. The third kappa shape index (κ3) is 62.1. The first kappa shape index (κ1) is 78.7. The zero-order valence-corrected chi connectivity index (χ0v) is 55.2. The Kier molecular flexibility index (Phi) is 59.1. The molecule has 1 amide bonds. The van der Waals surface area contributed by atoms with E-state index < -0.39 is 20.0 Å². The quantitative estimate of drug-likeness (QED) is 0.0205. The summed E-state index contributed by atoms with van der Waals surface area (Å²) in [4.78, 5) is 37.9. The summed E-state index contributed by atoms with van der Waals surface area (Å²) < 4.78 is 30.8. The summed E-state index contributed by atoms with van der Waals surface area (Å²) in [7, 11) is 1.49. The van der Waals surface area contributed by atoms with Gasteiger partial charge in [0.15, 0.2) is 0 Å². The maximum Gasteiger partial charge on any atom is 0.472 e. The number of likely N-dealkylation sites (N-methyl/N-ethyl adjacent to an activating group) is 1. The molecule has 474 valence electrons. The molecule has 10 heteroatoms. The first-order chi connectivity index (χ1) is 39.4. The van der Waals surface area contributed by atoms with Crippen LogP contribution in [0.2, 0.25) is 0 Å². The molecule has 0 spiro atoms. The van der Waals surface area contributed by atoms with Crippen LogP contribution in [0.5, 0.6) is 0 Å². The molecule has 3 unspecified atom stereocenters. The van der Waals surface area contributed by atoms with E-state index in [0.717, 1.165) is 77.0 Å². The van der Waals surface area contributed by atoms with Gasteiger partial charge in [-0.3, -0.25) is 18.6 Å². The highest BCUT2D eigenvalue weighted by molar-refractivity contribution is 7.47. The number of amides is 1. The molecule has 0 heterocycles. The number of ether oxygens (including phenoxy) is 1. The minimum absolute atomic E-state index is 0.0352. The largest absolute Gasteiger partial charge is 0.472 e. The first-order valence-corrected chi connectivity index (χ1v) is 36.1. The molecule has 3 atom stereocenters. The third-order valence-corrected chi connectivity index (χ3v) is 16.4. The highest BCUT2D eigenvalue weighted by Crippen LogP contribution is 2.43. The van der Waals surface area contributed by atoms with Crippen molar-refractivity contribution in [2.45, 2.75) is 341 Å². The van der Waals surface area contributed by atoms with E-state index in [2.05, 4.69) is 74.7 Å². The Morgan fingerprint density at radius 2 is 0.753 bits per heavy atom. The van der Waals surface area contributed by atoms with E-state index in [9.17, 15) is 19.0 Å². The van der Waals surface area contributed by atoms with Gasteiger partial charge in [0.1, 0.15) is 19.3 Å². The molecule has 0 aromatic carbocycles. The number of phosphoric ester groups is 1. The highest BCUT2D eigenvalue weighted by atomic mass is 31.2. The predicted molar refractivity (Wildman–Crippen MR) is 351 cm³/mol. The number of unbranched alkanes of at least 4 members (excludes halogenated alkanes) is 39. The lowest BCUT2D eigenvalue weighted by Crippen LogP contribution is -2.47. The van der Waals surface area contributed by atoms with Gasteiger partial charge in [0, 0.05) is 12.8 Å². The van der Waals surface area contributed by atoms with Crippen molar-refractivity contribution < 1.29 is 37.3 Å². The van der Waals surface area contributed by atoms with E-state index in [-0.39, 0.29) is 31.5 Å². The lowest BCUT2D eigenvalue weighted by Gasteiger charge is -2.27. The van der Waals surface area contributed by atoms with Crippen molar-refractivity contribution in [1.82, 2.24) is 5.32 Å². The molecule has 0 fully saturated rings. The fourth-order valence-electron chi connectivity index (χ4n) is 10.1. The van der Waals surface area contributed by atoms with Crippen LogP contribution in [0.4, 0.5) is 0 Å². The summed E-state index contributed by atoms with van der Waals surface area (Å²) in [6.07, 6.45) is 78.0. The maximum absolute atomic E-state index is 13.6. The van der Waals surface area contributed by atoms with Gasteiger partial charge in [-0.15, -0.1) is 0 Å². The number of quaternary nitrogens is 1. The lowest BCUT2D eigenvalue weighted by atomic mass is 10.0. The van der Waals surface area contributed by atoms with Gasteiger partial charge in [0.25, 0.3) is 0 Å². The minimum Gasteiger partial charge on any atom is -0.456 e. The number of allylic oxidation sites excluding steroid dienone is 9. The normalized spacial score (nSPS) is 13.9. The first-order valence-electron chi connectivity index (χ1n) is 34.6. The van der Waals surface area contributed by atoms with E-state index in [1.807, 2.05) is 33.3 Å². The summed E-state index contributed by atoms with van der Waals surface area (Å²) in [6, 6.07) is -0.862. The van der Waals surface area contributed by atoms with E-state index in [0.29, 0.717) is 23.9 Å². The highest BCUT2D eigenvalue weighted by Gasteiger charge is 2.30.